The van der Waals surface area contributed by atoms with Crippen molar-refractivity contribution in [3.63, 3.8) is 0 Å². The minimum Gasteiger partial charge on any atom is -0.457 e. The number of H-pyrrole nitrogens is 1. The van der Waals surface area contributed by atoms with Crippen molar-refractivity contribution in [3.8, 4) is 0 Å². The molecule has 1 aliphatic rings. The number of cyclic esters (lactones) is 1. The van der Waals surface area contributed by atoms with Crippen LogP contribution in [-0.2, 0) is 26.2 Å². The number of hydrogen-bond donors (Lipinski definition) is 2. The Morgan fingerprint density at radius 3 is 2.57 bits per heavy atom. The Hall–Kier alpha value is -2.73. The Morgan fingerprint density at radius 2 is 1.91 bits per heavy atom. The molecule has 186 valence electrons. The second kappa shape index (κ2) is 9.38. The van der Waals surface area contributed by atoms with E-state index < -0.39 is 16.8 Å². The van der Waals surface area contributed by atoms with Crippen LogP contribution in [0.25, 0.3) is 10.9 Å². The Kier molecular flexibility index (Phi) is 6.80. The van der Waals surface area contributed by atoms with Crippen molar-refractivity contribution in [1.29, 1.82) is 0 Å². The largest absolute Gasteiger partial charge is 0.457 e. The molecule has 0 radical (unpaired) electrons. The quantitative estimate of drug-likeness (QED) is 0.238. The summed E-state index contributed by atoms with van der Waals surface area (Å²) in [5, 5.41) is 0.296. The fourth-order valence-electron chi connectivity index (χ4n) is 4.80. The SMILES string of the molecule is Cc1cc(SC2C(=O)CC(CCc3ccc4[nH]ccc4c3)(C(C)C)OC2=O)c(C(C)(C)C)cc1N. The van der Waals surface area contributed by atoms with Crippen LogP contribution < -0.4 is 5.73 Å². The van der Waals surface area contributed by atoms with Gasteiger partial charge in [0.2, 0.25) is 0 Å². The maximum absolute atomic E-state index is 13.4. The van der Waals surface area contributed by atoms with Gasteiger partial charge < -0.3 is 15.5 Å². The van der Waals surface area contributed by atoms with Crippen molar-refractivity contribution in [1.82, 2.24) is 4.98 Å². The average Bonchev–Trinajstić information content (AvgIpc) is 3.24. The van der Waals surface area contributed by atoms with Crippen molar-refractivity contribution in [2.24, 2.45) is 5.92 Å². The van der Waals surface area contributed by atoms with Crippen LogP contribution >= 0.6 is 11.8 Å². The van der Waals surface area contributed by atoms with E-state index in [4.69, 9.17) is 10.5 Å². The first-order chi connectivity index (χ1) is 16.4. The lowest BCUT2D eigenvalue weighted by molar-refractivity contribution is -0.176. The van der Waals surface area contributed by atoms with Gasteiger partial charge in [-0.1, -0.05) is 40.7 Å². The van der Waals surface area contributed by atoms with E-state index in [0.717, 1.165) is 33.3 Å². The first kappa shape index (κ1) is 25.4. The number of rotatable bonds is 6. The van der Waals surface area contributed by atoms with E-state index in [1.54, 1.807) is 0 Å². The molecular formula is C29H36N2O3S. The number of benzene rings is 2. The molecule has 3 aromatic rings. The molecule has 2 heterocycles. The molecule has 1 saturated heterocycles. The van der Waals surface area contributed by atoms with Gasteiger partial charge in [-0.05, 0) is 83.5 Å². The number of carbonyl (C=O) groups is 2. The van der Waals surface area contributed by atoms with E-state index in [2.05, 4.69) is 44.0 Å². The highest BCUT2D eigenvalue weighted by Gasteiger charge is 2.49. The van der Waals surface area contributed by atoms with Crippen molar-refractivity contribution < 1.29 is 14.3 Å². The molecule has 0 saturated carbocycles. The zero-order valence-corrected chi connectivity index (χ0v) is 22.3. The zero-order valence-electron chi connectivity index (χ0n) is 21.5. The molecule has 0 spiro atoms. The van der Waals surface area contributed by atoms with Crippen molar-refractivity contribution in [3.05, 3.63) is 59.3 Å². The number of Topliss-reactive ketones (excluding diaryl/α,β-unsaturated/α-hetero) is 1. The van der Waals surface area contributed by atoms with E-state index in [1.807, 2.05) is 45.2 Å². The molecular weight excluding hydrogens is 456 g/mol. The molecule has 3 N–H and O–H groups in total. The number of esters is 1. The summed E-state index contributed by atoms with van der Waals surface area (Å²) in [6.45, 7) is 12.3. The lowest BCUT2D eigenvalue weighted by Gasteiger charge is -2.41. The summed E-state index contributed by atoms with van der Waals surface area (Å²) in [6, 6.07) is 12.3. The van der Waals surface area contributed by atoms with Crippen LogP contribution in [-0.4, -0.2) is 27.6 Å². The molecule has 1 fully saturated rings. The molecule has 2 aromatic carbocycles. The summed E-state index contributed by atoms with van der Waals surface area (Å²) < 4.78 is 6.15. The van der Waals surface area contributed by atoms with Crippen LogP contribution in [0.2, 0.25) is 0 Å². The van der Waals surface area contributed by atoms with E-state index in [0.29, 0.717) is 12.1 Å². The highest BCUT2D eigenvalue weighted by atomic mass is 32.2. The Bertz CT molecular complexity index is 1250. The second-order valence-electron chi connectivity index (χ2n) is 11.1. The number of anilines is 1. The number of aryl methyl sites for hydroxylation is 2. The first-order valence-electron chi connectivity index (χ1n) is 12.3. The molecule has 35 heavy (non-hydrogen) atoms. The van der Waals surface area contributed by atoms with Crippen molar-refractivity contribution in [2.45, 2.75) is 82.0 Å². The fraction of sp³-hybridized carbons (Fsp3) is 0.448. The predicted octanol–water partition coefficient (Wildman–Crippen LogP) is 6.36. The molecule has 0 bridgehead atoms. The number of nitrogen functional groups attached to an aromatic ring is 1. The van der Waals surface area contributed by atoms with Crippen molar-refractivity contribution in [2.75, 3.05) is 5.73 Å². The van der Waals surface area contributed by atoms with Gasteiger partial charge in [0, 0.05) is 28.7 Å². The molecule has 1 aliphatic heterocycles. The molecule has 4 rings (SSSR count). The van der Waals surface area contributed by atoms with Gasteiger partial charge in [-0.25, -0.2) is 0 Å². The summed E-state index contributed by atoms with van der Waals surface area (Å²) in [6.07, 6.45) is 3.52. The highest BCUT2D eigenvalue weighted by molar-refractivity contribution is 8.01. The number of fused-ring (bicyclic) bond motifs is 1. The van der Waals surface area contributed by atoms with Crippen LogP contribution in [0.5, 0.6) is 0 Å². The minimum absolute atomic E-state index is 0.0289. The number of nitrogens with two attached hydrogens (primary N) is 1. The summed E-state index contributed by atoms with van der Waals surface area (Å²) in [7, 11) is 0. The number of nitrogens with one attached hydrogen (secondary N) is 1. The molecule has 2 unspecified atom stereocenters. The third-order valence-corrected chi connectivity index (χ3v) is 8.49. The van der Waals surface area contributed by atoms with Gasteiger partial charge in [-0.2, -0.15) is 0 Å². The third kappa shape index (κ3) is 5.13. The summed E-state index contributed by atoms with van der Waals surface area (Å²) >= 11 is 1.30. The molecule has 1 aromatic heterocycles. The van der Waals surface area contributed by atoms with Crippen LogP contribution in [0, 0.1) is 12.8 Å². The van der Waals surface area contributed by atoms with Crippen LogP contribution in [0.4, 0.5) is 5.69 Å². The van der Waals surface area contributed by atoms with E-state index in [-0.39, 0.29) is 23.5 Å². The average molecular weight is 493 g/mol. The van der Waals surface area contributed by atoms with Crippen LogP contribution in [0.15, 0.2) is 47.5 Å². The number of thioether (sulfide) groups is 1. The number of carbonyl (C=O) groups excluding carboxylic acids is 2. The van der Waals surface area contributed by atoms with Gasteiger partial charge in [0.15, 0.2) is 11.0 Å². The summed E-state index contributed by atoms with van der Waals surface area (Å²) in [5.41, 5.74) is 10.2. The van der Waals surface area contributed by atoms with Crippen LogP contribution in [0.3, 0.4) is 0 Å². The van der Waals surface area contributed by atoms with Crippen molar-refractivity contribution >= 4 is 40.1 Å². The topological polar surface area (TPSA) is 85.2 Å². The first-order valence-corrected chi connectivity index (χ1v) is 13.2. The zero-order chi connectivity index (χ0) is 25.5. The molecule has 5 nitrogen and oxygen atoms in total. The maximum atomic E-state index is 13.4. The van der Waals surface area contributed by atoms with Gasteiger partial charge in [-0.3, -0.25) is 9.59 Å². The van der Waals surface area contributed by atoms with Gasteiger partial charge in [-0.15, -0.1) is 11.8 Å². The fourth-order valence-corrected chi connectivity index (χ4v) is 6.15. The Morgan fingerprint density at radius 1 is 1.17 bits per heavy atom. The monoisotopic (exact) mass is 492 g/mol. The second-order valence-corrected chi connectivity index (χ2v) is 12.3. The standard InChI is InChI=1S/C29H36N2O3S/c1-17(2)29(11-9-19-7-8-23-20(14-19)10-12-31-23)16-24(32)26(27(33)34-29)35-25-13-18(3)22(30)15-21(25)28(4,5)6/h7-8,10,12-15,17,26,31H,9,11,16,30H2,1-6H3. The normalized spacial score (nSPS) is 21.1. The van der Waals surface area contributed by atoms with Gasteiger partial charge >= 0.3 is 5.97 Å². The number of hydrogen-bond acceptors (Lipinski definition) is 5. The molecule has 2 atom stereocenters. The summed E-state index contributed by atoms with van der Waals surface area (Å²) in [4.78, 5) is 30.9. The minimum atomic E-state index is -0.859. The smallest absolute Gasteiger partial charge is 0.327 e. The van der Waals surface area contributed by atoms with E-state index in [1.165, 1.54) is 17.3 Å². The number of aromatic amines is 1. The van der Waals surface area contributed by atoms with Gasteiger partial charge in [0.1, 0.15) is 5.60 Å². The maximum Gasteiger partial charge on any atom is 0.327 e. The van der Waals surface area contributed by atoms with Gasteiger partial charge in [0.25, 0.3) is 0 Å². The lowest BCUT2D eigenvalue weighted by atomic mass is 9.78. The van der Waals surface area contributed by atoms with E-state index in [9.17, 15) is 9.59 Å². The summed E-state index contributed by atoms with van der Waals surface area (Å²) in [5.74, 6) is -0.466. The van der Waals surface area contributed by atoms with E-state index >= 15 is 0 Å². The molecule has 0 aliphatic carbocycles. The third-order valence-electron chi connectivity index (χ3n) is 7.21. The molecule has 6 heteroatoms. The highest BCUT2D eigenvalue weighted by Crippen LogP contribution is 2.43. The molecule has 0 amide bonds. The van der Waals surface area contributed by atoms with Crippen LogP contribution in [0.1, 0.15) is 64.2 Å². The lowest BCUT2D eigenvalue weighted by Crippen LogP contribution is -2.52. The van der Waals surface area contributed by atoms with Gasteiger partial charge in [0.05, 0.1) is 0 Å². The number of ketones is 1. The Labute approximate surface area is 212 Å². The predicted molar refractivity (Wildman–Crippen MR) is 144 cm³/mol. The number of aromatic nitrogens is 1. The number of ether oxygens (including phenoxy) is 1. The Balaban J connectivity index is 1.55.